The summed E-state index contributed by atoms with van der Waals surface area (Å²) in [6.07, 6.45) is 0.429. The lowest BCUT2D eigenvalue weighted by Crippen LogP contribution is -2.37. The van der Waals surface area contributed by atoms with Crippen molar-refractivity contribution >= 4 is 27.3 Å². The number of sulfone groups is 1. The number of halogens is 1. The summed E-state index contributed by atoms with van der Waals surface area (Å²) in [4.78, 5) is 12.5. The van der Waals surface area contributed by atoms with Crippen molar-refractivity contribution in [3.63, 3.8) is 0 Å². The maximum absolute atomic E-state index is 12.3. The van der Waals surface area contributed by atoms with Gasteiger partial charge in [0.25, 0.3) is 5.91 Å². The molecule has 0 aromatic heterocycles. The SMILES string of the molecule is C[C@H](Oc1ccccc1Cl)C(=O)N[C@@H](C)c1ccc(S(C)(=O)=O)cc1. The molecule has 0 radical (unpaired) electrons. The van der Waals surface area contributed by atoms with Crippen LogP contribution in [0.15, 0.2) is 53.4 Å². The number of ether oxygens (including phenoxy) is 1. The number of nitrogens with one attached hydrogen (secondary N) is 1. The van der Waals surface area contributed by atoms with Gasteiger partial charge in [0.1, 0.15) is 5.75 Å². The summed E-state index contributed by atoms with van der Waals surface area (Å²) in [6, 6.07) is 13.1. The highest BCUT2D eigenvalue weighted by Gasteiger charge is 2.19. The highest BCUT2D eigenvalue weighted by molar-refractivity contribution is 7.90. The molecular weight excluding hydrogens is 362 g/mol. The number of hydrogen-bond donors (Lipinski definition) is 1. The Morgan fingerprint density at radius 1 is 1.08 bits per heavy atom. The fourth-order valence-electron chi connectivity index (χ4n) is 2.20. The Hall–Kier alpha value is -2.05. The number of benzene rings is 2. The second kappa shape index (κ2) is 7.89. The summed E-state index contributed by atoms with van der Waals surface area (Å²) in [5, 5.41) is 3.27. The third-order valence-electron chi connectivity index (χ3n) is 3.68. The molecule has 0 heterocycles. The number of rotatable bonds is 6. The predicted molar refractivity (Wildman–Crippen MR) is 97.7 cm³/mol. The third kappa shape index (κ3) is 5.21. The van der Waals surface area contributed by atoms with E-state index >= 15 is 0 Å². The lowest BCUT2D eigenvalue weighted by Gasteiger charge is -2.19. The minimum absolute atomic E-state index is 0.241. The summed E-state index contributed by atoms with van der Waals surface area (Å²) in [5.41, 5.74) is 0.797. The molecular formula is C18H20ClNO4S. The first kappa shape index (κ1) is 19.3. The van der Waals surface area contributed by atoms with E-state index in [-0.39, 0.29) is 16.8 Å². The lowest BCUT2D eigenvalue weighted by atomic mass is 10.1. The van der Waals surface area contributed by atoms with E-state index in [9.17, 15) is 13.2 Å². The topological polar surface area (TPSA) is 72.5 Å². The van der Waals surface area contributed by atoms with Gasteiger partial charge in [-0.2, -0.15) is 0 Å². The van der Waals surface area contributed by atoms with Crippen LogP contribution in [0.2, 0.25) is 5.02 Å². The van der Waals surface area contributed by atoms with Gasteiger partial charge >= 0.3 is 0 Å². The standard InChI is InChI=1S/C18H20ClNO4S/c1-12(14-8-10-15(11-9-14)25(3,22)23)20-18(21)13(2)24-17-7-5-4-6-16(17)19/h4-13H,1-3H3,(H,20,21)/t12-,13-/m0/s1. The molecule has 134 valence electrons. The maximum atomic E-state index is 12.3. The average Bonchev–Trinajstić information content (AvgIpc) is 2.56. The number of carbonyl (C=O) groups excluding carboxylic acids is 1. The average molecular weight is 382 g/mol. The van der Waals surface area contributed by atoms with Gasteiger partial charge in [-0.25, -0.2) is 8.42 Å². The summed E-state index contributed by atoms with van der Waals surface area (Å²) in [5.74, 6) is 0.150. The van der Waals surface area contributed by atoms with E-state index in [0.29, 0.717) is 10.8 Å². The Kier molecular flexibility index (Phi) is 6.08. The van der Waals surface area contributed by atoms with E-state index in [1.54, 1.807) is 43.3 Å². The molecule has 7 heteroatoms. The minimum atomic E-state index is -3.24. The van der Waals surface area contributed by atoms with Crippen molar-refractivity contribution in [2.45, 2.75) is 30.9 Å². The molecule has 0 saturated carbocycles. The first-order valence-electron chi connectivity index (χ1n) is 7.70. The Balaban J connectivity index is 2.00. The van der Waals surface area contributed by atoms with Crippen LogP contribution in [0.3, 0.4) is 0 Å². The fraction of sp³-hybridized carbons (Fsp3) is 0.278. The van der Waals surface area contributed by atoms with Crippen LogP contribution in [0.4, 0.5) is 0 Å². The van der Waals surface area contributed by atoms with Crippen molar-refractivity contribution in [2.75, 3.05) is 6.26 Å². The van der Waals surface area contributed by atoms with E-state index < -0.39 is 15.9 Å². The van der Waals surface area contributed by atoms with Crippen LogP contribution in [0.25, 0.3) is 0 Å². The van der Waals surface area contributed by atoms with Crippen molar-refractivity contribution in [3.05, 3.63) is 59.1 Å². The van der Waals surface area contributed by atoms with Crippen molar-refractivity contribution < 1.29 is 17.9 Å². The molecule has 0 unspecified atom stereocenters. The van der Waals surface area contributed by atoms with Crippen LogP contribution >= 0.6 is 11.6 Å². The van der Waals surface area contributed by atoms with Crippen LogP contribution in [0, 0.1) is 0 Å². The number of para-hydroxylation sites is 1. The molecule has 0 aliphatic heterocycles. The zero-order valence-electron chi connectivity index (χ0n) is 14.2. The van der Waals surface area contributed by atoms with Gasteiger partial charge in [-0.3, -0.25) is 4.79 Å². The first-order valence-corrected chi connectivity index (χ1v) is 9.97. The van der Waals surface area contributed by atoms with Gasteiger partial charge in [0.2, 0.25) is 0 Å². The Labute approximate surface area is 152 Å². The largest absolute Gasteiger partial charge is 0.479 e. The Bertz CT molecular complexity index is 850. The van der Waals surface area contributed by atoms with Crippen molar-refractivity contribution in [1.29, 1.82) is 0 Å². The number of amides is 1. The minimum Gasteiger partial charge on any atom is -0.479 e. The second-order valence-electron chi connectivity index (χ2n) is 5.76. The van der Waals surface area contributed by atoms with Gasteiger partial charge in [0, 0.05) is 6.26 Å². The summed E-state index contributed by atoms with van der Waals surface area (Å²) in [6.45, 7) is 3.45. The molecule has 0 aliphatic carbocycles. The van der Waals surface area contributed by atoms with Crippen molar-refractivity contribution in [2.24, 2.45) is 0 Å². The predicted octanol–water partition coefficient (Wildman–Crippen LogP) is 3.39. The van der Waals surface area contributed by atoms with Gasteiger partial charge in [-0.05, 0) is 43.7 Å². The Morgan fingerprint density at radius 3 is 2.24 bits per heavy atom. The molecule has 2 aromatic carbocycles. The lowest BCUT2D eigenvalue weighted by molar-refractivity contribution is -0.127. The van der Waals surface area contributed by atoms with Crippen molar-refractivity contribution in [3.8, 4) is 5.75 Å². The number of carbonyl (C=O) groups is 1. The van der Waals surface area contributed by atoms with E-state index in [0.717, 1.165) is 11.8 Å². The molecule has 1 amide bonds. The zero-order valence-corrected chi connectivity index (χ0v) is 15.8. The molecule has 25 heavy (non-hydrogen) atoms. The molecule has 2 rings (SSSR count). The number of hydrogen-bond acceptors (Lipinski definition) is 4. The van der Waals surface area contributed by atoms with E-state index in [1.807, 2.05) is 6.92 Å². The van der Waals surface area contributed by atoms with E-state index in [1.165, 1.54) is 12.1 Å². The van der Waals surface area contributed by atoms with Gasteiger partial charge in [0.05, 0.1) is 16.0 Å². The second-order valence-corrected chi connectivity index (χ2v) is 8.18. The molecule has 0 saturated heterocycles. The molecule has 0 fully saturated rings. The van der Waals surface area contributed by atoms with Crippen LogP contribution < -0.4 is 10.1 Å². The molecule has 2 atom stereocenters. The smallest absolute Gasteiger partial charge is 0.261 e. The van der Waals surface area contributed by atoms with Crippen LogP contribution in [-0.2, 0) is 14.6 Å². The van der Waals surface area contributed by atoms with Crippen LogP contribution in [0.5, 0.6) is 5.75 Å². The summed E-state index contributed by atoms with van der Waals surface area (Å²) in [7, 11) is -3.24. The van der Waals surface area contributed by atoms with E-state index in [4.69, 9.17) is 16.3 Å². The van der Waals surface area contributed by atoms with Gasteiger partial charge in [-0.1, -0.05) is 35.9 Å². The molecule has 1 N–H and O–H groups in total. The molecule has 0 bridgehead atoms. The van der Waals surface area contributed by atoms with Gasteiger partial charge < -0.3 is 10.1 Å². The normalized spacial score (nSPS) is 13.8. The highest BCUT2D eigenvalue weighted by Crippen LogP contribution is 2.24. The molecule has 0 spiro atoms. The van der Waals surface area contributed by atoms with Gasteiger partial charge in [0.15, 0.2) is 15.9 Å². The van der Waals surface area contributed by atoms with Gasteiger partial charge in [-0.15, -0.1) is 0 Å². The monoisotopic (exact) mass is 381 g/mol. The molecule has 2 aromatic rings. The maximum Gasteiger partial charge on any atom is 0.261 e. The molecule has 0 aliphatic rings. The zero-order chi connectivity index (χ0) is 18.6. The Morgan fingerprint density at radius 2 is 1.68 bits per heavy atom. The molecule has 5 nitrogen and oxygen atoms in total. The summed E-state index contributed by atoms with van der Waals surface area (Å²) >= 11 is 6.02. The fourth-order valence-corrected chi connectivity index (χ4v) is 3.01. The quantitative estimate of drug-likeness (QED) is 0.832. The first-order chi connectivity index (χ1) is 11.7. The van der Waals surface area contributed by atoms with Crippen LogP contribution in [0.1, 0.15) is 25.5 Å². The highest BCUT2D eigenvalue weighted by atomic mass is 35.5. The van der Waals surface area contributed by atoms with Crippen molar-refractivity contribution in [1.82, 2.24) is 5.32 Å². The van der Waals surface area contributed by atoms with E-state index in [2.05, 4.69) is 5.32 Å². The van der Waals surface area contributed by atoms with Crippen LogP contribution in [-0.4, -0.2) is 26.7 Å². The third-order valence-corrected chi connectivity index (χ3v) is 5.12. The summed E-state index contributed by atoms with van der Waals surface area (Å²) < 4.78 is 28.6.